The lowest BCUT2D eigenvalue weighted by Gasteiger charge is -2.33. The van der Waals surface area contributed by atoms with Crippen molar-refractivity contribution in [2.75, 3.05) is 19.6 Å². The first-order valence-corrected chi connectivity index (χ1v) is 8.42. The summed E-state index contributed by atoms with van der Waals surface area (Å²) in [6.45, 7) is 4.67. The van der Waals surface area contributed by atoms with E-state index in [0.717, 1.165) is 36.8 Å². The summed E-state index contributed by atoms with van der Waals surface area (Å²) in [6, 6.07) is 0.595. The van der Waals surface area contributed by atoms with E-state index >= 15 is 0 Å². The van der Waals surface area contributed by atoms with Gasteiger partial charge >= 0.3 is 6.18 Å². The molecule has 1 unspecified atom stereocenters. The second-order valence-electron chi connectivity index (χ2n) is 6.41. The number of nitrogens with one attached hydrogen (secondary N) is 1. The number of likely N-dealkylation sites (tertiary alicyclic amines) is 1. The van der Waals surface area contributed by atoms with Crippen LogP contribution in [0.4, 0.5) is 13.2 Å². The van der Waals surface area contributed by atoms with E-state index in [0.29, 0.717) is 12.6 Å². The van der Waals surface area contributed by atoms with Gasteiger partial charge in [-0.1, -0.05) is 6.42 Å². The molecule has 1 saturated heterocycles. The first-order valence-electron chi connectivity index (χ1n) is 8.42. The second-order valence-corrected chi connectivity index (χ2v) is 6.41. The minimum absolute atomic E-state index is 0.368. The van der Waals surface area contributed by atoms with E-state index in [1.807, 2.05) is 0 Å². The average Bonchev–Trinajstić information content (AvgIpc) is 2.91. The molecule has 0 bridgehead atoms. The standard InChI is InChI=1S/C16H25F3N4O/c1-12-7-3-5-9-23(12)10-6-4-8-20-15(24)13-11-22(2)21-14(13)16(17,18)19/h11-12H,3-10H2,1-2H3,(H,20,24). The fourth-order valence-corrected chi connectivity index (χ4v) is 3.09. The number of nitrogens with zero attached hydrogens (tertiary/aromatic N) is 3. The van der Waals surface area contributed by atoms with Crippen molar-refractivity contribution in [3.05, 3.63) is 17.5 Å². The molecule has 0 spiro atoms. The summed E-state index contributed by atoms with van der Waals surface area (Å²) >= 11 is 0. The molecule has 0 aromatic carbocycles. The van der Waals surface area contributed by atoms with E-state index in [1.165, 1.54) is 26.3 Å². The molecule has 1 N–H and O–H groups in total. The van der Waals surface area contributed by atoms with Crippen LogP contribution in [0.25, 0.3) is 0 Å². The Bertz CT molecular complexity index is 556. The third-order valence-corrected chi connectivity index (χ3v) is 4.44. The molecule has 1 aromatic rings. The number of hydrogen-bond acceptors (Lipinski definition) is 3. The number of unbranched alkanes of at least 4 members (excludes halogenated alkanes) is 1. The lowest BCUT2D eigenvalue weighted by molar-refractivity contribution is -0.141. The summed E-state index contributed by atoms with van der Waals surface area (Å²) in [5.74, 6) is -0.721. The number of piperidine rings is 1. The molecule has 5 nitrogen and oxygen atoms in total. The smallest absolute Gasteiger partial charge is 0.352 e. The summed E-state index contributed by atoms with van der Waals surface area (Å²) in [7, 11) is 1.37. The van der Waals surface area contributed by atoms with Gasteiger partial charge in [0.1, 0.15) is 0 Å². The van der Waals surface area contributed by atoms with Gasteiger partial charge in [-0.25, -0.2) is 0 Å². The first kappa shape index (κ1) is 18.8. The zero-order valence-corrected chi connectivity index (χ0v) is 14.2. The predicted molar refractivity (Wildman–Crippen MR) is 84.7 cm³/mol. The topological polar surface area (TPSA) is 50.2 Å². The molecule has 1 aliphatic rings. The van der Waals surface area contributed by atoms with Gasteiger partial charge in [-0.15, -0.1) is 0 Å². The molecule has 0 saturated carbocycles. The highest BCUT2D eigenvalue weighted by Crippen LogP contribution is 2.30. The number of carbonyl (C=O) groups excluding carboxylic acids is 1. The number of carbonyl (C=O) groups is 1. The summed E-state index contributed by atoms with van der Waals surface area (Å²) in [5, 5.41) is 5.90. The molecule has 24 heavy (non-hydrogen) atoms. The highest BCUT2D eigenvalue weighted by Gasteiger charge is 2.38. The molecule has 136 valence electrons. The van der Waals surface area contributed by atoms with Gasteiger partial charge in [-0.2, -0.15) is 18.3 Å². The SMILES string of the molecule is CC1CCCCN1CCCCNC(=O)c1cn(C)nc1C(F)(F)F. The number of rotatable bonds is 6. The zero-order chi connectivity index (χ0) is 17.7. The van der Waals surface area contributed by atoms with E-state index in [4.69, 9.17) is 0 Å². The fourth-order valence-electron chi connectivity index (χ4n) is 3.09. The quantitative estimate of drug-likeness (QED) is 0.806. The molecule has 0 radical (unpaired) electrons. The third kappa shape index (κ3) is 4.96. The lowest BCUT2D eigenvalue weighted by atomic mass is 10.0. The Morgan fingerprint density at radius 3 is 2.79 bits per heavy atom. The van der Waals surface area contributed by atoms with Crippen molar-refractivity contribution in [1.82, 2.24) is 20.0 Å². The fraction of sp³-hybridized carbons (Fsp3) is 0.750. The van der Waals surface area contributed by atoms with Crippen LogP contribution in [0.1, 0.15) is 55.1 Å². The van der Waals surface area contributed by atoms with Gasteiger partial charge in [0.05, 0.1) is 5.56 Å². The Hall–Kier alpha value is -1.57. The minimum atomic E-state index is -4.63. The maximum Gasteiger partial charge on any atom is 0.435 e. The molecule has 0 aliphatic carbocycles. The maximum atomic E-state index is 12.8. The van der Waals surface area contributed by atoms with E-state index in [2.05, 4.69) is 22.2 Å². The molecule has 8 heteroatoms. The van der Waals surface area contributed by atoms with E-state index in [-0.39, 0.29) is 0 Å². The maximum absolute atomic E-state index is 12.8. The van der Waals surface area contributed by atoms with Gasteiger partial charge in [-0.05, 0) is 45.7 Å². The molecular formula is C16H25F3N4O. The number of hydrogen-bond donors (Lipinski definition) is 1. The van der Waals surface area contributed by atoms with Gasteiger partial charge in [0.15, 0.2) is 5.69 Å². The Balaban J connectivity index is 1.76. The molecule has 1 aliphatic heterocycles. The van der Waals surface area contributed by atoms with Crippen LogP contribution in [0.3, 0.4) is 0 Å². The van der Waals surface area contributed by atoms with E-state index in [1.54, 1.807) is 0 Å². The van der Waals surface area contributed by atoms with E-state index < -0.39 is 23.3 Å². The number of aryl methyl sites for hydroxylation is 1. The summed E-state index contributed by atoms with van der Waals surface area (Å²) in [6.07, 6.45) is 1.87. The van der Waals surface area contributed by atoms with Crippen LogP contribution in [0.15, 0.2) is 6.20 Å². The van der Waals surface area contributed by atoms with Crippen molar-refractivity contribution in [2.45, 2.75) is 51.2 Å². The van der Waals surface area contributed by atoms with Crippen molar-refractivity contribution in [3.63, 3.8) is 0 Å². The van der Waals surface area contributed by atoms with Gasteiger partial charge in [0.25, 0.3) is 5.91 Å². The van der Waals surface area contributed by atoms with Crippen LogP contribution in [-0.2, 0) is 13.2 Å². The van der Waals surface area contributed by atoms with Gasteiger partial charge in [-0.3, -0.25) is 9.48 Å². The van der Waals surface area contributed by atoms with Crippen molar-refractivity contribution in [3.8, 4) is 0 Å². The van der Waals surface area contributed by atoms with Crippen LogP contribution in [-0.4, -0.2) is 46.3 Å². The Kier molecular flexibility index (Phi) is 6.26. The largest absolute Gasteiger partial charge is 0.435 e. The van der Waals surface area contributed by atoms with Crippen LogP contribution in [0, 0.1) is 0 Å². The predicted octanol–water partition coefficient (Wildman–Crippen LogP) is 2.82. The van der Waals surface area contributed by atoms with Crippen LogP contribution >= 0.6 is 0 Å². The average molecular weight is 346 g/mol. The Morgan fingerprint density at radius 2 is 2.12 bits per heavy atom. The molecule has 1 fully saturated rings. The monoisotopic (exact) mass is 346 g/mol. The first-order chi connectivity index (χ1) is 11.3. The van der Waals surface area contributed by atoms with Crippen molar-refractivity contribution < 1.29 is 18.0 Å². The lowest BCUT2D eigenvalue weighted by Crippen LogP contribution is -2.38. The number of amides is 1. The highest BCUT2D eigenvalue weighted by atomic mass is 19.4. The molecule has 2 rings (SSSR count). The Morgan fingerprint density at radius 1 is 1.38 bits per heavy atom. The number of aromatic nitrogens is 2. The van der Waals surface area contributed by atoms with Gasteiger partial charge in [0.2, 0.25) is 0 Å². The third-order valence-electron chi connectivity index (χ3n) is 4.44. The normalized spacial score (nSPS) is 19.5. The molecule has 1 amide bonds. The van der Waals surface area contributed by atoms with Crippen molar-refractivity contribution in [2.24, 2.45) is 7.05 Å². The minimum Gasteiger partial charge on any atom is -0.352 e. The van der Waals surface area contributed by atoms with Crippen LogP contribution in [0.2, 0.25) is 0 Å². The molecule has 1 aromatic heterocycles. The van der Waals surface area contributed by atoms with Crippen LogP contribution in [0.5, 0.6) is 0 Å². The molecule has 2 heterocycles. The molecular weight excluding hydrogens is 321 g/mol. The summed E-state index contributed by atoms with van der Waals surface area (Å²) in [4.78, 5) is 14.4. The van der Waals surface area contributed by atoms with Crippen LogP contribution < -0.4 is 5.32 Å². The highest BCUT2D eigenvalue weighted by molar-refractivity contribution is 5.95. The van der Waals surface area contributed by atoms with E-state index in [9.17, 15) is 18.0 Å². The van der Waals surface area contributed by atoms with Gasteiger partial charge < -0.3 is 10.2 Å². The number of halogens is 3. The van der Waals surface area contributed by atoms with Gasteiger partial charge in [0, 0.05) is 25.8 Å². The van der Waals surface area contributed by atoms with Crippen molar-refractivity contribution >= 4 is 5.91 Å². The zero-order valence-electron chi connectivity index (χ0n) is 14.2. The molecule has 1 atom stereocenters. The summed E-state index contributed by atoms with van der Waals surface area (Å²) < 4.78 is 39.5. The van der Waals surface area contributed by atoms with Crippen molar-refractivity contribution in [1.29, 1.82) is 0 Å². The number of alkyl halides is 3. The summed E-state index contributed by atoms with van der Waals surface area (Å²) in [5.41, 5.74) is -1.56. The second kappa shape index (κ2) is 8.00. The Labute approximate surface area is 140 Å².